The highest BCUT2D eigenvalue weighted by Gasteiger charge is 2.20. The monoisotopic (exact) mass is 262 g/mol. The zero-order chi connectivity index (χ0) is 13.8. The molecule has 1 aromatic carbocycles. The molecule has 0 radical (unpaired) electrons. The predicted octanol–water partition coefficient (Wildman–Crippen LogP) is 2.69. The van der Waals surface area contributed by atoms with Gasteiger partial charge in [0.05, 0.1) is 0 Å². The number of hydrogen-bond donors (Lipinski definition) is 2. The van der Waals surface area contributed by atoms with Crippen molar-refractivity contribution in [2.45, 2.75) is 32.7 Å². The van der Waals surface area contributed by atoms with Crippen molar-refractivity contribution in [3.8, 4) is 5.75 Å². The van der Waals surface area contributed by atoms with E-state index in [9.17, 15) is 5.11 Å². The highest BCUT2D eigenvalue weighted by molar-refractivity contribution is 5.37. The van der Waals surface area contributed by atoms with Crippen LogP contribution in [0, 0.1) is 12.8 Å². The Hall–Kier alpha value is -1.06. The second kappa shape index (κ2) is 6.40. The van der Waals surface area contributed by atoms with E-state index in [2.05, 4.69) is 37.2 Å². The van der Waals surface area contributed by atoms with Crippen molar-refractivity contribution in [2.75, 3.05) is 26.7 Å². The number of phenols is 1. The molecule has 2 rings (SSSR count). The number of piperidine rings is 1. The molecule has 0 bridgehead atoms. The van der Waals surface area contributed by atoms with E-state index in [0.717, 1.165) is 31.1 Å². The Morgan fingerprint density at radius 2 is 2.05 bits per heavy atom. The topological polar surface area (TPSA) is 35.5 Å². The van der Waals surface area contributed by atoms with E-state index in [1.54, 1.807) is 6.07 Å². The molecule has 1 unspecified atom stereocenters. The molecule has 1 saturated heterocycles. The Balaban J connectivity index is 2.01. The molecule has 1 aromatic rings. The first-order valence-electron chi connectivity index (χ1n) is 7.28. The molecule has 1 aliphatic heterocycles. The quantitative estimate of drug-likeness (QED) is 0.876. The van der Waals surface area contributed by atoms with Gasteiger partial charge < -0.3 is 10.4 Å². The molecular weight excluding hydrogens is 236 g/mol. The lowest BCUT2D eigenvalue weighted by atomic mass is 9.96. The predicted molar refractivity (Wildman–Crippen MR) is 79.5 cm³/mol. The number of nitrogens with zero attached hydrogens (tertiary/aromatic N) is 1. The third-order valence-corrected chi connectivity index (χ3v) is 4.30. The van der Waals surface area contributed by atoms with Crippen LogP contribution in [0.4, 0.5) is 0 Å². The van der Waals surface area contributed by atoms with Crippen LogP contribution in [0.5, 0.6) is 5.75 Å². The van der Waals surface area contributed by atoms with Gasteiger partial charge >= 0.3 is 0 Å². The zero-order valence-corrected chi connectivity index (χ0v) is 12.3. The van der Waals surface area contributed by atoms with E-state index in [0.29, 0.717) is 5.75 Å². The second-order valence-electron chi connectivity index (χ2n) is 5.87. The van der Waals surface area contributed by atoms with Crippen LogP contribution in [0.25, 0.3) is 0 Å². The summed E-state index contributed by atoms with van der Waals surface area (Å²) in [4.78, 5) is 2.37. The zero-order valence-electron chi connectivity index (χ0n) is 12.3. The fraction of sp³-hybridized carbons (Fsp3) is 0.625. The molecule has 1 atom stereocenters. The van der Waals surface area contributed by atoms with Gasteiger partial charge in [0.25, 0.3) is 0 Å². The van der Waals surface area contributed by atoms with Crippen LogP contribution in [-0.4, -0.2) is 36.7 Å². The Bertz CT molecular complexity index is 413. The number of rotatable bonds is 4. The van der Waals surface area contributed by atoms with Crippen LogP contribution in [0.2, 0.25) is 0 Å². The van der Waals surface area contributed by atoms with Crippen LogP contribution in [0.1, 0.15) is 36.9 Å². The van der Waals surface area contributed by atoms with Crippen molar-refractivity contribution in [1.29, 1.82) is 0 Å². The smallest absolute Gasteiger partial charge is 0.120 e. The Morgan fingerprint density at radius 3 is 2.74 bits per heavy atom. The molecule has 1 fully saturated rings. The summed E-state index contributed by atoms with van der Waals surface area (Å²) >= 11 is 0. The molecule has 0 saturated carbocycles. The van der Waals surface area contributed by atoms with Crippen molar-refractivity contribution in [3.05, 3.63) is 29.3 Å². The third-order valence-electron chi connectivity index (χ3n) is 4.30. The van der Waals surface area contributed by atoms with Gasteiger partial charge in [0.2, 0.25) is 0 Å². The highest BCUT2D eigenvalue weighted by atomic mass is 16.3. The van der Waals surface area contributed by atoms with Crippen LogP contribution < -0.4 is 5.32 Å². The van der Waals surface area contributed by atoms with E-state index in [1.165, 1.54) is 18.4 Å². The van der Waals surface area contributed by atoms with Crippen molar-refractivity contribution in [2.24, 2.45) is 5.92 Å². The summed E-state index contributed by atoms with van der Waals surface area (Å²) in [6.45, 7) is 7.64. The van der Waals surface area contributed by atoms with Gasteiger partial charge in [-0.15, -0.1) is 0 Å². The van der Waals surface area contributed by atoms with E-state index in [1.807, 2.05) is 6.07 Å². The maximum atomic E-state index is 10.0. The lowest BCUT2D eigenvalue weighted by Crippen LogP contribution is -2.35. The Labute approximate surface area is 116 Å². The van der Waals surface area contributed by atoms with Gasteiger partial charge in [0.15, 0.2) is 0 Å². The number of nitrogens with one attached hydrogen (secondary N) is 1. The number of aryl methyl sites for hydroxylation is 1. The number of hydrogen-bond acceptors (Lipinski definition) is 3. The van der Waals surface area contributed by atoms with E-state index < -0.39 is 0 Å². The van der Waals surface area contributed by atoms with E-state index >= 15 is 0 Å². The second-order valence-corrected chi connectivity index (χ2v) is 5.87. The third kappa shape index (κ3) is 3.71. The lowest BCUT2D eigenvalue weighted by molar-refractivity contribution is 0.194. The first-order chi connectivity index (χ1) is 9.08. The molecule has 3 heteroatoms. The summed E-state index contributed by atoms with van der Waals surface area (Å²) in [7, 11) is 2.16. The number of benzene rings is 1. The maximum absolute atomic E-state index is 10.0. The minimum absolute atomic E-state index is 0.259. The summed E-state index contributed by atoms with van der Waals surface area (Å²) in [5, 5.41) is 13.4. The Kier molecular flexibility index (Phi) is 4.83. The normalized spacial score (nSPS) is 18.7. The average molecular weight is 262 g/mol. The average Bonchev–Trinajstić information content (AvgIpc) is 2.42. The van der Waals surface area contributed by atoms with Crippen LogP contribution in [0.15, 0.2) is 18.2 Å². The van der Waals surface area contributed by atoms with Crippen LogP contribution in [-0.2, 0) is 0 Å². The number of phenolic OH excluding ortho intramolecular Hbond substituents is 1. The van der Waals surface area contributed by atoms with Gasteiger partial charge in [-0.2, -0.15) is 0 Å². The minimum atomic E-state index is 0.259. The van der Waals surface area contributed by atoms with Crippen molar-refractivity contribution >= 4 is 0 Å². The molecule has 0 aromatic heterocycles. The molecule has 106 valence electrons. The molecule has 19 heavy (non-hydrogen) atoms. The minimum Gasteiger partial charge on any atom is -0.508 e. The van der Waals surface area contributed by atoms with Gasteiger partial charge in [-0.1, -0.05) is 17.7 Å². The molecular formula is C16H26N2O. The molecule has 0 spiro atoms. The fourth-order valence-corrected chi connectivity index (χ4v) is 2.88. The first-order valence-corrected chi connectivity index (χ1v) is 7.28. The van der Waals surface area contributed by atoms with E-state index in [-0.39, 0.29) is 6.04 Å². The maximum Gasteiger partial charge on any atom is 0.120 e. The highest BCUT2D eigenvalue weighted by Crippen LogP contribution is 2.29. The molecule has 1 heterocycles. The fourth-order valence-electron chi connectivity index (χ4n) is 2.88. The summed E-state index contributed by atoms with van der Waals surface area (Å²) in [6.07, 6.45) is 2.52. The molecule has 0 aliphatic carbocycles. The van der Waals surface area contributed by atoms with E-state index in [4.69, 9.17) is 0 Å². The molecule has 0 amide bonds. The molecule has 3 nitrogen and oxygen atoms in total. The van der Waals surface area contributed by atoms with Crippen LogP contribution >= 0.6 is 0 Å². The SMILES string of the molecule is Cc1ccc(O)c(C(C)N(C)CC2CCNCC2)c1. The summed E-state index contributed by atoms with van der Waals surface area (Å²) in [6, 6.07) is 6.12. The van der Waals surface area contributed by atoms with Gasteiger partial charge in [0, 0.05) is 18.2 Å². The molecule has 1 aliphatic rings. The first kappa shape index (κ1) is 14.4. The standard InChI is InChI=1S/C16H26N2O/c1-12-4-5-16(19)15(10-12)13(2)18(3)11-14-6-8-17-9-7-14/h4-5,10,13-14,17,19H,6-9,11H2,1-3H3. The Morgan fingerprint density at radius 1 is 1.37 bits per heavy atom. The largest absolute Gasteiger partial charge is 0.508 e. The lowest BCUT2D eigenvalue weighted by Gasteiger charge is -2.31. The summed E-state index contributed by atoms with van der Waals surface area (Å²) < 4.78 is 0. The summed E-state index contributed by atoms with van der Waals surface area (Å²) in [5.41, 5.74) is 2.24. The van der Waals surface area contributed by atoms with Gasteiger partial charge in [-0.05, 0) is 58.8 Å². The van der Waals surface area contributed by atoms with Gasteiger partial charge in [-0.25, -0.2) is 0 Å². The van der Waals surface area contributed by atoms with Crippen molar-refractivity contribution < 1.29 is 5.11 Å². The van der Waals surface area contributed by atoms with Crippen LogP contribution in [0.3, 0.4) is 0 Å². The van der Waals surface area contributed by atoms with Crippen molar-refractivity contribution in [3.63, 3.8) is 0 Å². The van der Waals surface area contributed by atoms with Gasteiger partial charge in [-0.3, -0.25) is 4.90 Å². The molecule has 2 N–H and O–H groups in total. The number of aromatic hydroxyl groups is 1. The summed E-state index contributed by atoms with van der Waals surface area (Å²) in [5.74, 6) is 1.19. The van der Waals surface area contributed by atoms with Crippen molar-refractivity contribution in [1.82, 2.24) is 10.2 Å². The van der Waals surface area contributed by atoms with Gasteiger partial charge in [0.1, 0.15) is 5.75 Å².